The Balaban J connectivity index is 2.07. The van der Waals surface area contributed by atoms with Gasteiger partial charge in [0.15, 0.2) is 0 Å². The normalized spacial score (nSPS) is 10.6. The maximum absolute atomic E-state index is 4.40. The van der Waals surface area contributed by atoms with E-state index in [-0.39, 0.29) is 0 Å². The Morgan fingerprint density at radius 2 is 1.74 bits per heavy atom. The van der Waals surface area contributed by atoms with Gasteiger partial charge < -0.3 is 5.32 Å². The molecule has 0 fully saturated rings. The van der Waals surface area contributed by atoms with Gasteiger partial charge in [-0.3, -0.25) is 4.98 Å². The van der Waals surface area contributed by atoms with Gasteiger partial charge in [0.05, 0.1) is 5.52 Å². The van der Waals surface area contributed by atoms with Crippen LogP contribution >= 0.6 is 0 Å². The van der Waals surface area contributed by atoms with Crippen molar-refractivity contribution in [2.75, 3.05) is 5.32 Å². The summed E-state index contributed by atoms with van der Waals surface area (Å²) in [5.74, 6) is 0. The SMILES string of the molecule is Cc1cccc(Nc2ccnc3ccc(C)cc23)c1. The van der Waals surface area contributed by atoms with E-state index in [1.165, 1.54) is 11.1 Å². The summed E-state index contributed by atoms with van der Waals surface area (Å²) in [6.07, 6.45) is 1.84. The molecule has 0 saturated carbocycles. The van der Waals surface area contributed by atoms with Crippen LogP contribution in [0.4, 0.5) is 11.4 Å². The highest BCUT2D eigenvalue weighted by atomic mass is 14.9. The molecule has 0 aliphatic heterocycles. The van der Waals surface area contributed by atoms with Gasteiger partial charge in [-0.1, -0.05) is 23.8 Å². The quantitative estimate of drug-likeness (QED) is 0.717. The van der Waals surface area contributed by atoms with E-state index in [9.17, 15) is 0 Å². The number of aryl methyl sites for hydroxylation is 2. The van der Waals surface area contributed by atoms with Gasteiger partial charge in [-0.05, 0) is 49.7 Å². The number of hydrogen-bond donors (Lipinski definition) is 1. The fourth-order valence-corrected chi connectivity index (χ4v) is 2.25. The number of aromatic nitrogens is 1. The summed E-state index contributed by atoms with van der Waals surface area (Å²) in [4.78, 5) is 4.40. The summed E-state index contributed by atoms with van der Waals surface area (Å²) >= 11 is 0. The van der Waals surface area contributed by atoms with Crippen molar-refractivity contribution in [3.63, 3.8) is 0 Å². The van der Waals surface area contributed by atoms with Crippen molar-refractivity contribution < 1.29 is 0 Å². The predicted molar refractivity (Wildman–Crippen MR) is 80.9 cm³/mol. The third kappa shape index (κ3) is 2.43. The Hall–Kier alpha value is -2.35. The molecule has 2 heteroatoms. The fourth-order valence-electron chi connectivity index (χ4n) is 2.25. The van der Waals surface area contributed by atoms with E-state index in [0.717, 1.165) is 22.3 Å². The largest absolute Gasteiger partial charge is 0.355 e. The molecule has 0 aliphatic rings. The molecule has 0 spiro atoms. The first-order valence-electron chi connectivity index (χ1n) is 6.41. The number of pyridine rings is 1. The van der Waals surface area contributed by atoms with Crippen LogP contribution < -0.4 is 5.32 Å². The molecule has 1 heterocycles. The van der Waals surface area contributed by atoms with E-state index in [1.54, 1.807) is 0 Å². The summed E-state index contributed by atoms with van der Waals surface area (Å²) in [5, 5.41) is 4.63. The Bertz CT molecular complexity index is 732. The van der Waals surface area contributed by atoms with Crippen molar-refractivity contribution in [2.45, 2.75) is 13.8 Å². The van der Waals surface area contributed by atoms with Gasteiger partial charge in [-0.25, -0.2) is 0 Å². The maximum atomic E-state index is 4.40. The van der Waals surface area contributed by atoms with E-state index in [4.69, 9.17) is 0 Å². The zero-order valence-corrected chi connectivity index (χ0v) is 11.1. The average Bonchev–Trinajstić information content (AvgIpc) is 2.39. The van der Waals surface area contributed by atoms with E-state index >= 15 is 0 Å². The summed E-state index contributed by atoms with van der Waals surface area (Å²) < 4.78 is 0. The molecule has 1 N–H and O–H groups in total. The van der Waals surface area contributed by atoms with Crippen LogP contribution in [-0.2, 0) is 0 Å². The number of nitrogens with zero attached hydrogens (tertiary/aromatic N) is 1. The molecule has 0 bridgehead atoms. The highest BCUT2D eigenvalue weighted by molar-refractivity contribution is 5.93. The number of rotatable bonds is 2. The second-order valence-electron chi connectivity index (χ2n) is 4.87. The van der Waals surface area contributed by atoms with Crippen LogP contribution in [0, 0.1) is 13.8 Å². The third-order valence-electron chi connectivity index (χ3n) is 3.19. The highest BCUT2D eigenvalue weighted by Crippen LogP contribution is 2.26. The molecule has 0 radical (unpaired) electrons. The van der Waals surface area contributed by atoms with E-state index in [0.29, 0.717) is 0 Å². The molecule has 94 valence electrons. The lowest BCUT2D eigenvalue weighted by Crippen LogP contribution is -1.93. The van der Waals surface area contributed by atoms with E-state index in [2.05, 4.69) is 66.6 Å². The Morgan fingerprint density at radius 3 is 2.58 bits per heavy atom. The molecular weight excluding hydrogens is 232 g/mol. The van der Waals surface area contributed by atoms with Crippen LogP contribution in [0.1, 0.15) is 11.1 Å². The third-order valence-corrected chi connectivity index (χ3v) is 3.19. The van der Waals surface area contributed by atoms with Crippen LogP contribution in [-0.4, -0.2) is 4.98 Å². The monoisotopic (exact) mass is 248 g/mol. The van der Waals surface area contributed by atoms with Crippen molar-refractivity contribution in [3.8, 4) is 0 Å². The summed E-state index contributed by atoms with van der Waals surface area (Å²) in [5.41, 5.74) is 5.71. The van der Waals surface area contributed by atoms with Crippen LogP contribution in [0.3, 0.4) is 0 Å². The maximum Gasteiger partial charge on any atom is 0.0723 e. The lowest BCUT2D eigenvalue weighted by atomic mass is 10.1. The molecule has 0 unspecified atom stereocenters. The number of nitrogens with one attached hydrogen (secondary N) is 1. The smallest absolute Gasteiger partial charge is 0.0723 e. The van der Waals surface area contributed by atoms with Crippen molar-refractivity contribution in [1.29, 1.82) is 0 Å². The molecule has 0 aliphatic carbocycles. The lowest BCUT2D eigenvalue weighted by Gasteiger charge is -2.10. The van der Waals surface area contributed by atoms with Gasteiger partial charge in [0.2, 0.25) is 0 Å². The van der Waals surface area contributed by atoms with Gasteiger partial charge in [0.25, 0.3) is 0 Å². The van der Waals surface area contributed by atoms with E-state index in [1.807, 2.05) is 12.3 Å². The molecular formula is C17H16N2. The molecule has 19 heavy (non-hydrogen) atoms. The second kappa shape index (κ2) is 4.73. The van der Waals surface area contributed by atoms with Crippen LogP contribution in [0.15, 0.2) is 54.7 Å². The minimum Gasteiger partial charge on any atom is -0.355 e. The summed E-state index contributed by atoms with van der Waals surface area (Å²) in [7, 11) is 0. The number of anilines is 2. The van der Waals surface area contributed by atoms with Crippen molar-refractivity contribution in [3.05, 3.63) is 65.9 Å². The zero-order valence-electron chi connectivity index (χ0n) is 11.1. The van der Waals surface area contributed by atoms with Gasteiger partial charge in [-0.2, -0.15) is 0 Å². The Labute approximate surface area is 113 Å². The molecule has 3 aromatic rings. The molecule has 0 atom stereocenters. The minimum absolute atomic E-state index is 1.02. The molecule has 0 saturated heterocycles. The van der Waals surface area contributed by atoms with Crippen molar-refractivity contribution in [1.82, 2.24) is 4.98 Å². The number of fused-ring (bicyclic) bond motifs is 1. The second-order valence-corrected chi connectivity index (χ2v) is 4.87. The molecule has 0 amide bonds. The number of benzene rings is 2. The van der Waals surface area contributed by atoms with Crippen molar-refractivity contribution >= 4 is 22.3 Å². The standard InChI is InChI=1S/C17H16N2/c1-12-4-3-5-14(10-12)19-17-8-9-18-16-7-6-13(2)11-15(16)17/h3-11H,1-2H3,(H,18,19). The van der Waals surface area contributed by atoms with Gasteiger partial charge in [0, 0.05) is 23.0 Å². The average molecular weight is 248 g/mol. The summed E-state index contributed by atoms with van der Waals surface area (Å²) in [6.45, 7) is 4.20. The Kier molecular flexibility index (Phi) is 2.92. The minimum atomic E-state index is 1.02. The highest BCUT2D eigenvalue weighted by Gasteiger charge is 2.02. The molecule has 3 rings (SSSR count). The lowest BCUT2D eigenvalue weighted by molar-refractivity contribution is 1.38. The van der Waals surface area contributed by atoms with Crippen LogP contribution in [0.25, 0.3) is 10.9 Å². The van der Waals surface area contributed by atoms with Gasteiger partial charge >= 0.3 is 0 Å². The Morgan fingerprint density at radius 1 is 0.895 bits per heavy atom. The van der Waals surface area contributed by atoms with Gasteiger partial charge in [0.1, 0.15) is 0 Å². The van der Waals surface area contributed by atoms with Crippen molar-refractivity contribution in [2.24, 2.45) is 0 Å². The zero-order chi connectivity index (χ0) is 13.2. The predicted octanol–water partition coefficient (Wildman–Crippen LogP) is 4.60. The first-order valence-corrected chi connectivity index (χ1v) is 6.41. The molecule has 2 nitrogen and oxygen atoms in total. The van der Waals surface area contributed by atoms with Crippen LogP contribution in [0.2, 0.25) is 0 Å². The first-order chi connectivity index (χ1) is 9.22. The molecule has 2 aromatic carbocycles. The first kappa shape index (κ1) is 11.7. The van der Waals surface area contributed by atoms with E-state index < -0.39 is 0 Å². The van der Waals surface area contributed by atoms with Crippen LogP contribution in [0.5, 0.6) is 0 Å². The molecule has 1 aromatic heterocycles. The topological polar surface area (TPSA) is 24.9 Å². The summed E-state index contributed by atoms with van der Waals surface area (Å²) in [6, 6.07) is 16.7. The fraction of sp³-hybridized carbons (Fsp3) is 0.118. The van der Waals surface area contributed by atoms with Gasteiger partial charge in [-0.15, -0.1) is 0 Å². The number of hydrogen-bond acceptors (Lipinski definition) is 2.